The van der Waals surface area contributed by atoms with E-state index < -0.39 is 18.0 Å². The van der Waals surface area contributed by atoms with Gasteiger partial charge in [-0.25, -0.2) is 9.59 Å². The number of aromatic nitrogens is 1. The van der Waals surface area contributed by atoms with Crippen molar-refractivity contribution in [3.63, 3.8) is 0 Å². The Morgan fingerprint density at radius 1 is 1.50 bits per heavy atom. The number of carbonyl (C=O) groups is 2. The lowest BCUT2D eigenvalue weighted by atomic mass is 10.0. The third kappa shape index (κ3) is 5.13. The summed E-state index contributed by atoms with van der Waals surface area (Å²) >= 11 is 1.43. The standard InChI is InChI=1S/C11H17N3O3S/c1-7(2)3-9(10(15)16)14-11(17)13-5-8-4-12-6-18-8/h4,6-7,9H,3,5H2,1-2H3,(H,15,16)(H2,13,14,17). The van der Waals surface area contributed by atoms with Crippen molar-refractivity contribution in [1.82, 2.24) is 15.6 Å². The van der Waals surface area contributed by atoms with Crippen molar-refractivity contribution in [3.05, 3.63) is 16.6 Å². The number of amides is 2. The molecule has 0 radical (unpaired) electrons. The Morgan fingerprint density at radius 2 is 2.22 bits per heavy atom. The molecule has 0 aromatic carbocycles. The zero-order valence-corrected chi connectivity index (χ0v) is 11.2. The molecule has 1 heterocycles. The molecule has 6 nitrogen and oxygen atoms in total. The molecule has 0 saturated carbocycles. The van der Waals surface area contributed by atoms with Crippen molar-refractivity contribution in [3.8, 4) is 0 Å². The number of hydrogen-bond donors (Lipinski definition) is 3. The van der Waals surface area contributed by atoms with Gasteiger partial charge >= 0.3 is 12.0 Å². The van der Waals surface area contributed by atoms with Crippen LogP contribution < -0.4 is 10.6 Å². The van der Waals surface area contributed by atoms with E-state index in [1.165, 1.54) is 11.3 Å². The Kier molecular flexibility index (Phi) is 5.57. The molecule has 1 unspecified atom stereocenters. The first-order chi connectivity index (χ1) is 8.49. The van der Waals surface area contributed by atoms with E-state index in [4.69, 9.17) is 5.11 Å². The number of hydrogen-bond acceptors (Lipinski definition) is 4. The molecule has 0 aliphatic rings. The Morgan fingerprint density at radius 3 is 2.72 bits per heavy atom. The summed E-state index contributed by atoms with van der Waals surface area (Å²) < 4.78 is 0. The van der Waals surface area contributed by atoms with Gasteiger partial charge in [0.15, 0.2) is 0 Å². The minimum Gasteiger partial charge on any atom is -0.480 e. The summed E-state index contributed by atoms with van der Waals surface area (Å²) in [5, 5.41) is 14.0. The third-order valence-electron chi connectivity index (χ3n) is 2.22. The molecule has 0 fully saturated rings. The van der Waals surface area contributed by atoms with Crippen LogP contribution in [-0.2, 0) is 11.3 Å². The molecular weight excluding hydrogens is 254 g/mol. The molecule has 18 heavy (non-hydrogen) atoms. The minimum atomic E-state index is -1.02. The SMILES string of the molecule is CC(C)CC(NC(=O)NCc1cncs1)C(=O)O. The fourth-order valence-corrected chi connectivity index (χ4v) is 1.93. The van der Waals surface area contributed by atoms with Gasteiger partial charge in [0, 0.05) is 11.1 Å². The van der Waals surface area contributed by atoms with E-state index in [1.807, 2.05) is 13.8 Å². The molecule has 0 saturated heterocycles. The van der Waals surface area contributed by atoms with Gasteiger partial charge in [-0.3, -0.25) is 4.98 Å². The molecule has 0 aliphatic heterocycles. The van der Waals surface area contributed by atoms with Crippen LogP contribution in [0.5, 0.6) is 0 Å². The van der Waals surface area contributed by atoms with Gasteiger partial charge < -0.3 is 15.7 Å². The second kappa shape index (κ2) is 6.95. The second-order valence-electron chi connectivity index (χ2n) is 4.32. The molecule has 3 N–H and O–H groups in total. The van der Waals surface area contributed by atoms with Crippen molar-refractivity contribution in [2.75, 3.05) is 0 Å². The highest BCUT2D eigenvalue weighted by atomic mass is 32.1. The number of aliphatic carboxylic acids is 1. The molecule has 1 atom stereocenters. The molecule has 0 bridgehead atoms. The molecule has 1 aromatic rings. The van der Waals surface area contributed by atoms with E-state index in [2.05, 4.69) is 15.6 Å². The maximum absolute atomic E-state index is 11.5. The fraction of sp³-hybridized carbons (Fsp3) is 0.545. The summed E-state index contributed by atoms with van der Waals surface area (Å²) in [4.78, 5) is 27.3. The number of carboxylic acid groups (broad SMARTS) is 1. The smallest absolute Gasteiger partial charge is 0.326 e. The van der Waals surface area contributed by atoms with Crippen molar-refractivity contribution >= 4 is 23.3 Å². The molecule has 1 rings (SSSR count). The van der Waals surface area contributed by atoms with E-state index in [1.54, 1.807) is 11.7 Å². The van der Waals surface area contributed by atoms with Crippen LogP contribution in [-0.4, -0.2) is 28.1 Å². The fourth-order valence-electron chi connectivity index (χ4n) is 1.40. The van der Waals surface area contributed by atoms with Crippen LogP contribution in [0, 0.1) is 5.92 Å². The Balaban J connectivity index is 2.39. The van der Waals surface area contributed by atoms with E-state index in [9.17, 15) is 9.59 Å². The summed E-state index contributed by atoms with van der Waals surface area (Å²) in [5.74, 6) is -0.815. The third-order valence-corrected chi connectivity index (χ3v) is 3.00. The summed E-state index contributed by atoms with van der Waals surface area (Å²) in [7, 11) is 0. The Labute approximate surface area is 109 Å². The molecule has 100 valence electrons. The van der Waals surface area contributed by atoms with Crippen LogP contribution in [0.15, 0.2) is 11.7 Å². The number of thiazole rings is 1. The second-order valence-corrected chi connectivity index (χ2v) is 5.29. The van der Waals surface area contributed by atoms with Gasteiger partial charge in [0.1, 0.15) is 6.04 Å². The van der Waals surface area contributed by atoms with Crippen molar-refractivity contribution in [2.24, 2.45) is 5.92 Å². The largest absolute Gasteiger partial charge is 0.480 e. The summed E-state index contributed by atoms with van der Waals surface area (Å²) in [6.45, 7) is 4.17. The Bertz CT molecular complexity index is 392. The highest BCUT2D eigenvalue weighted by Gasteiger charge is 2.20. The van der Waals surface area contributed by atoms with Gasteiger partial charge in [0.05, 0.1) is 12.1 Å². The van der Waals surface area contributed by atoms with Gasteiger partial charge in [0.2, 0.25) is 0 Å². The molecule has 2 amide bonds. The molecule has 0 spiro atoms. The average molecular weight is 271 g/mol. The summed E-state index contributed by atoms with van der Waals surface area (Å²) in [6, 6.07) is -1.33. The number of rotatable bonds is 6. The van der Waals surface area contributed by atoms with Crippen molar-refractivity contribution in [1.29, 1.82) is 0 Å². The first kappa shape index (κ1) is 14.4. The number of nitrogens with one attached hydrogen (secondary N) is 2. The summed E-state index contributed by atoms with van der Waals surface area (Å²) in [6.07, 6.45) is 2.07. The van der Waals surface area contributed by atoms with Crippen LogP contribution in [0.3, 0.4) is 0 Å². The van der Waals surface area contributed by atoms with Crippen LogP contribution in [0.1, 0.15) is 25.1 Å². The van der Waals surface area contributed by atoms with Gasteiger partial charge in [-0.2, -0.15) is 0 Å². The lowest BCUT2D eigenvalue weighted by Crippen LogP contribution is -2.46. The van der Waals surface area contributed by atoms with E-state index in [-0.39, 0.29) is 5.92 Å². The number of carboxylic acids is 1. The normalized spacial score (nSPS) is 12.2. The first-order valence-corrected chi connectivity index (χ1v) is 6.51. The van der Waals surface area contributed by atoms with E-state index in [0.29, 0.717) is 13.0 Å². The predicted octanol–water partition coefficient (Wildman–Crippen LogP) is 1.44. The topological polar surface area (TPSA) is 91.3 Å². The number of carbonyl (C=O) groups excluding carboxylic acids is 1. The van der Waals surface area contributed by atoms with Crippen LogP contribution in [0.4, 0.5) is 4.79 Å². The maximum atomic E-state index is 11.5. The average Bonchev–Trinajstić information content (AvgIpc) is 2.77. The van der Waals surface area contributed by atoms with Crippen LogP contribution in [0.25, 0.3) is 0 Å². The lowest BCUT2D eigenvalue weighted by molar-refractivity contribution is -0.139. The molecule has 7 heteroatoms. The quantitative estimate of drug-likeness (QED) is 0.730. The van der Waals surface area contributed by atoms with Gasteiger partial charge in [0.25, 0.3) is 0 Å². The van der Waals surface area contributed by atoms with Gasteiger partial charge in [-0.15, -0.1) is 11.3 Å². The van der Waals surface area contributed by atoms with Crippen molar-refractivity contribution in [2.45, 2.75) is 32.9 Å². The van der Waals surface area contributed by atoms with Crippen molar-refractivity contribution < 1.29 is 14.7 Å². The van der Waals surface area contributed by atoms with E-state index in [0.717, 1.165) is 4.88 Å². The zero-order chi connectivity index (χ0) is 13.5. The van der Waals surface area contributed by atoms with E-state index >= 15 is 0 Å². The molecular formula is C11H17N3O3S. The van der Waals surface area contributed by atoms with Crippen LogP contribution in [0.2, 0.25) is 0 Å². The zero-order valence-electron chi connectivity index (χ0n) is 10.3. The predicted molar refractivity (Wildman–Crippen MR) is 68.4 cm³/mol. The highest BCUT2D eigenvalue weighted by molar-refractivity contribution is 7.09. The minimum absolute atomic E-state index is 0.202. The lowest BCUT2D eigenvalue weighted by Gasteiger charge is -2.16. The highest BCUT2D eigenvalue weighted by Crippen LogP contribution is 2.06. The molecule has 1 aromatic heterocycles. The van der Waals surface area contributed by atoms with Gasteiger partial charge in [-0.05, 0) is 12.3 Å². The first-order valence-electron chi connectivity index (χ1n) is 5.63. The summed E-state index contributed by atoms with van der Waals surface area (Å²) in [5.41, 5.74) is 1.67. The number of nitrogens with zero attached hydrogens (tertiary/aromatic N) is 1. The van der Waals surface area contributed by atoms with Gasteiger partial charge in [-0.1, -0.05) is 13.8 Å². The Hall–Kier alpha value is -1.63. The maximum Gasteiger partial charge on any atom is 0.326 e. The monoisotopic (exact) mass is 271 g/mol. The van der Waals surface area contributed by atoms with Crippen LogP contribution >= 0.6 is 11.3 Å². The molecule has 0 aliphatic carbocycles. The number of urea groups is 1.